The first-order valence-corrected chi connectivity index (χ1v) is 10.8. The molecule has 32 heavy (non-hydrogen) atoms. The zero-order chi connectivity index (χ0) is 22.6. The van der Waals surface area contributed by atoms with Gasteiger partial charge in [-0.1, -0.05) is 58.7 Å². The van der Waals surface area contributed by atoms with Crippen LogP contribution in [-0.2, 0) is 4.84 Å². The normalized spacial score (nSPS) is 10.9. The lowest BCUT2D eigenvalue weighted by atomic mass is 10.1. The largest absolute Gasteiger partial charge is 0.489 e. The molecule has 0 aliphatic carbocycles. The van der Waals surface area contributed by atoms with E-state index in [2.05, 4.69) is 5.16 Å². The van der Waals surface area contributed by atoms with Gasteiger partial charge in [-0.2, -0.15) is 0 Å². The van der Waals surface area contributed by atoms with E-state index in [1.54, 1.807) is 6.08 Å². The number of rotatable bonds is 11. The van der Waals surface area contributed by atoms with Crippen LogP contribution in [-0.4, -0.2) is 25.5 Å². The van der Waals surface area contributed by atoms with Crippen LogP contribution in [0.1, 0.15) is 12.5 Å². The highest BCUT2D eigenvalue weighted by atomic mass is 35.5. The summed E-state index contributed by atoms with van der Waals surface area (Å²) in [5.74, 6) is 2.77. The third kappa shape index (κ3) is 7.84. The molecular weight excluding hydrogens is 449 g/mol. The molecule has 0 saturated carbocycles. The summed E-state index contributed by atoms with van der Waals surface area (Å²) in [6.07, 6.45) is 1.57. The molecule has 0 bridgehead atoms. The van der Waals surface area contributed by atoms with E-state index in [1.165, 1.54) is 0 Å². The first-order valence-electron chi connectivity index (χ1n) is 10.0. The molecule has 0 radical (unpaired) electrons. The van der Waals surface area contributed by atoms with E-state index in [9.17, 15) is 0 Å². The van der Waals surface area contributed by atoms with Crippen molar-refractivity contribution in [3.05, 3.63) is 95.0 Å². The Kier molecular flexibility index (Phi) is 9.29. The number of benzene rings is 3. The molecule has 0 aliphatic rings. The van der Waals surface area contributed by atoms with Crippen LogP contribution >= 0.6 is 23.2 Å². The van der Waals surface area contributed by atoms with Crippen molar-refractivity contribution in [2.24, 2.45) is 5.16 Å². The molecule has 0 fully saturated rings. The van der Waals surface area contributed by atoms with Crippen LogP contribution in [0, 0.1) is 0 Å². The Balaban J connectivity index is 1.55. The highest BCUT2D eigenvalue weighted by Gasteiger charge is 2.06. The lowest BCUT2D eigenvalue weighted by molar-refractivity contribution is 0.157. The van der Waals surface area contributed by atoms with Crippen LogP contribution in [0.2, 0.25) is 0 Å². The van der Waals surface area contributed by atoms with Crippen LogP contribution in [0.15, 0.2) is 94.6 Å². The minimum absolute atomic E-state index is 0.176. The Morgan fingerprint density at radius 3 is 1.91 bits per heavy atom. The Morgan fingerprint density at radius 1 is 0.781 bits per heavy atom. The lowest BCUT2D eigenvalue weighted by Gasteiger charge is -2.11. The highest BCUT2D eigenvalue weighted by molar-refractivity contribution is 6.55. The summed E-state index contributed by atoms with van der Waals surface area (Å²) in [5.41, 5.74) is 1.68. The summed E-state index contributed by atoms with van der Waals surface area (Å²) in [6, 6.07) is 24.4. The summed E-state index contributed by atoms with van der Waals surface area (Å²) in [6.45, 7) is 2.97. The Labute approximate surface area is 197 Å². The molecule has 5 nitrogen and oxygen atoms in total. The maximum Gasteiger partial charge on any atom is 0.134 e. The third-order valence-electron chi connectivity index (χ3n) is 4.16. The molecule has 3 rings (SSSR count). The fourth-order valence-corrected chi connectivity index (χ4v) is 2.76. The molecule has 0 unspecified atom stereocenters. The Bertz CT molecular complexity index is 1020. The van der Waals surface area contributed by atoms with Crippen molar-refractivity contribution in [1.29, 1.82) is 0 Å². The van der Waals surface area contributed by atoms with Gasteiger partial charge in [0.15, 0.2) is 0 Å². The van der Waals surface area contributed by atoms with Crippen molar-refractivity contribution >= 4 is 28.9 Å². The SMILES string of the molecule is CCON=C(COc1ccc(Oc2ccc(OCC=C(Cl)Cl)cc2)cc1)c1ccccc1. The van der Waals surface area contributed by atoms with Crippen molar-refractivity contribution in [3.8, 4) is 23.0 Å². The van der Waals surface area contributed by atoms with E-state index in [0.29, 0.717) is 36.2 Å². The lowest BCUT2D eigenvalue weighted by Crippen LogP contribution is -2.13. The minimum atomic E-state index is 0.176. The Hall–Kier alpha value is -3.15. The quantitative estimate of drug-likeness (QED) is 0.223. The molecular formula is C25H23Cl2NO4. The van der Waals surface area contributed by atoms with Gasteiger partial charge in [-0.3, -0.25) is 0 Å². The van der Waals surface area contributed by atoms with Crippen molar-refractivity contribution < 1.29 is 19.0 Å². The smallest absolute Gasteiger partial charge is 0.134 e. The standard InChI is InChI=1S/C25H23Cl2NO4/c1-2-31-28-24(19-6-4-3-5-7-19)18-30-21-10-14-23(15-11-21)32-22-12-8-20(9-13-22)29-17-16-25(26)27/h3-16H,2,17-18H2,1H3. The third-order valence-corrected chi connectivity index (χ3v) is 4.47. The molecule has 0 heterocycles. The monoisotopic (exact) mass is 471 g/mol. The second-order valence-electron chi connectivity index (χ2n) is 6.46. The molecule has 0 saturated heterocycles. The molecule has 0 aromatic heterocycles. The van der Waals surface area contributed by atoms with Gasteiger partial charge in [0.05, 0.1) is 0 Å². The maximum absolute atomic E-state index is 5.89. The number of hydrogen-bond donors (Lipinski definition) is 0. The van der Waals surface area contributed by atoms with Gasteiger partial charge >= 0.3 is 0 Å². The predicted octanol–water partition coefficient (Wildman–Crippen LogP) is 7.00. The molecule has 166 valence electrons. The molecule has 0 amide bonds. The van der Waals surface area contributed by atoms with E-state index in [-0.39, 0.29) is 11.1 Å². The molecule has 3 aromatic carbocycles. The van der Waals surface area contributed by atoms with Gasteiger partial charge in [-0.05, 0) is 61.5 Å². The Morgan fingerprint density at radius 2 is 1.34 bits per heavy atom. The van der Waals surface area contributed by atoms with Crippen LogP contribution in [0.5, 0.6) is 23.0 Å². The zero-order valence-electron chi connectivity index (χ0n) is 17.5. The maximum atomic E-state index is 5.89. The second kappa shape index (κ2) is 12.6. The minimum Gasteiger partial charge on any atom is -0.489 e. The van der Waals surface area contributed by atoms with Gasteiger partial charge in [-0.15, -0.1) is 0 Å². The first-order chi connectivity index (χ1) is 15.6. The number of ether oxygens (including phenoxy) is 3. The molecule has 0 spiro atoms. The summed E-state index contributed by atoms with van der Waals surface area (Å²) in [7, 11) is 0. The van der Waals surface area contributed by atoms with E-state index in [4.69, 9.17) is 42.3 Å². The topological polar surface area (TPSA) is 49.3 Å². The fraction of sp³-hybridized carbons (Fsp3) is 0.160. The van der Waals surface area contributed by atoms with Crippen molar-refractivity contribution in [2.75, 3.05) is 19.8 Å². The van der Waals surface area contributed by atoms with E-state index < -0.39 is 0 Å². The molecule has 7 heteroatoms. The van der Waals surface area contributed by atoms with Gasteiger partial charge in [-0.25, -0.2) is 0 Å². The second-order valence-corrected chi connectivity index (χ2v) is 7.47. The highest BCUT2D eigenvalue weighted by Crippen LogP contribution is 2.26. The van der Waals surface area contributed by atoms with Crippen molar-refractivity contribution in [2.45, 2.75) is 6.92 Å². The van der Waals surface area contributed by atoms with Gasteiger partial charge in [0.1, 0.15) is 53.0 Å². The van der Waals surface area contributed by atoms with Gasteiger partial charge in [0.2, 0.25) is 0 Å². The zero-order valence-corrected chi connectivity index (χ0v) is 19.1. The number of nitrogens with zero attached hydrogens (tertiary/aromatic N) is 1. The fourth-order valence-electron chi connectivity index (χ4n) is 2.63. The van der Waals surface area contributed by atoms with Gasteiger partial charge in [0.25, 0.3) is 0 Å². The summed E-state index contributed by atoms with van der Waals surface area (Å²) in [4.78, 5) is 5.23. The summed E-state index contributed by atoms with van der Waals surface area (Å²) in [5, 5.41) is 4.18. The van der Waals surface area contributed by atoms with Crippen LogP contribution < -0.4 is 14.2 Å². The number of hydrogen-bond acceptors (Lipinski definition) is 5. The predicted molar refractivity (Wildman–Crippen MR) is 128 cm³/mol. The van der Waals surface area contributed by atoms with Crippen LogP contribution in [0.3, 0.4) is 0 Å². The average Bonchev–Trinajstić information content (AvgIpc) is 2.82. The van der Waals surface area contributed by atoms with Crippen LogP contribution in [0.4, 0.5) is 0 Å². The molecule has 0 N–H and O–H groups in total. The molecule has 3 aromatic rings. The van der Waals surface area contributed by atoms with Crippen molar-refractivity contribution in [1.82, 2.24) is 0 Å². The summed E-state index contributed by atoms with van der Waals surface area (Å²) >= 11 is 11.1. The summed E-state index contributed by atoms with van der Waals surface area (Å²) < 4.78 is 17.4. The number of oxime groups is 1. The van der Waals surface area contributed by atoms with Crippen molar-refractivity contribution in [3.63, 3.8) is 0 Å². The first kappa shape index (κ1) is 23.5. The average molecular weight is 472 g/mol. The molecule has 0 aliphatic heterocycles. The van der Waals surface area contributed by atoms with E-state index >= 15 is 0 Å². The van der Waals surface area contributed by atoms with Gasteiger partial charge in [0, 0.05) is 5.56 Å². The number of halogens is 2. The van der Waals surface area contributed by atoms with Gasteiger partial charge < -0.3 is 19.0 Å². The van der Waals surface area contributed by atoms with Crippen LogP contribution in [0.25, 0.3) is 0 Å². The van der Waals surface area contributed by atoms with E-state index in [1.807, 2.05) is 85.8 Å². The van der Waals surface area contributed by atoms with E-state index in [0.717, 1.165) is 11.3 Å². The molecule has 0 atom stereocenters.